The molecule has 0 aromatic heterocycles. The molecular weight excluding hydrogens is 320 g/mol. The van der Waals surface area contributed by atoms with Crippen molar-refractivity contribution in [2.75, 3.05) is 33.2 Å². The molecule has 1 heterocycles. The van der Waals surface area contributed by atoms with E-state index in [1.54, 1.807) is 12.1 Å². The Hall–Kier alpha value is -1.68. The van der Waals surface area contributed by atoms with E-state index in [4.69, 9.17) is 11.6 Å². The lowest BCUT2D eigenvalue weighted by Crippen LogP contribution is -2.28. The van der Waals surface area contributed by atoms with Crippen molar-refractivity contribution in [1.82, 2.24) is 9.80 Å². The number of likely N-dealkylation sites (N-methyl/N-ethyl adjacent to an activating group) is 1. The van der Waals surface area contributed by atoms with Gasteiger partial charge in [0, 0.05) is 25.2 Å². The molecule has 0 aliphatic carbocycles. The fourth-order valence-corrected chi connectivity index (χ4v) is 3.24. The van der Waals surface area contributed by atoms with Crippen LogP contribution in [0, 0.1) is 0 Å². The van der Waals surface area contributed by atoms with E-state index in [1.807, 2.05) is 12.1 Å². The fourth-order valence-electron chi connectivity index (χ4n) is 3.11. The van der Waals surface area contributed by atoms with Gasteiger partial charge in [0.25, 0.3) is 5.24 Å². The average molecular weight is 343 g/mol. The minimum absolute atomic E-state index is 0.417. The van der Waals surface area contributed by atoms with E-state index >= 15 is 0 Å². The smallest absolute Gasteiger partial charge is 0.252 e. The highest BCUT2D eigenvalue weighted by molar-refractivity contribution is 6.67. The number of halogens is 1. The molecule has 0 saturated carbocycles. The summed E-state index contributed by atoms with van der Waals surface area (Å²) in [6, 6.07) is 16.1. The number of hydrogen-bond acceptors (Lipinski definition) is 3. The molecule has 1 aliphatic rings. The third kappa shape index (κ3) is 4.44. The molecule has 2 aromatic rings. The van der Waals surface area contributed by atoms with E-state index in [9.17, 15) is 4.79 Å². The van der Waals surface area contributed by atoms with Crippen LogP contribution in [0.3, 0.4) is 0 Å². The van der Waals surface area contributed by atoms with E-state index < -0.39 is 5.24 Å². The molecule has 0 unspecified atom stereocenters. The van der Waals surface area contributed by atoms with Gasteiger partial charge in [0.15, 0.2) is 0 Å². The topological polar surface area (TPSA) is 23.6 Å². The zero-order valence-electron chi connectivity index (χ0n) is 14.0. The van der Waals surface area contributed by atoms with Crippen molar-refractivity contribution in [1.29, 1.82) is 0 Å². The molecule has 1 fully saturated rings. The minimum atomic E-state index is -0.417. The predicted octanol–water partition coefficient (Wildman–Crippen LogP) is 3.87. The van der Waals surface area contributed by atoms with Crippen LogP contribution in [0.5, 0.6) is 0 Å². The lowest BCUT2D eigenvalue weighted by Gasteiger charge is -2.20. The molecule has 0 amide bonds. The van der Waals surface area contributed by atoms with E-state index in [1.165, 1.54) is 25.1 Å². The molecule has 1 saturated heterocycles. The molecule has 0 atom stereocenters. The third-order valence-electron chi connectivity index (χ3n) is 4.62. The number of carbonyl (C=O) groups excluding carboxylic acids is 1. The highest BCUT2D eigenvalue weighted by atomic mass is 35.5. The maximum absolute atomic E-state index is 11.1. The molecule has 3 rings (SSSR count). The van der Waals surface area contributed by atoms with Gasteiger partial charge in [0.05, 0.1) is 0 Å². The minimum Gasteiger partial charge on any atom is -0.305 e. The van der Waals surface area contributed by atoms with Crippen LogP contribution >= 0.6 is 11.6 Å². The van der Waals surface area contributed by atoms with Gasteiger partial charge in [-0.25, -0.2) is 0 Å². The summed E-state index contributed by atoms with van der Waals surface area (Å²) in [5.41, 5.74) is 4.13. The lowest BCUT2D eigenvalue weighted by molar-refractivity contribution is 0.108. The first-order valence-corrected chi connectivity index (χ1v) is 8.80. The van der Waals surface area contributed by atoms with Gasteiger partial charge in [-0.15, -0.1) is 0 Å². The quantitative estimate of drug-likeness (QED) is 0.788. The predicted molar refractivity (Wildman–Crippen MR) is 99.5 cm³/mol. The Balaban J connectivity index is 1.65. The van der Waals surface area contributed by atoms with Crippen molar-refractivity contribution in [3.63, 3.8) is 0 Å². The van der Waals surface area contributed by atoms with E-state index in [-0.39, 0.29) is 0 Å². The highest BCUT2D eigenvalue weighted by Crippen LogP contribution is 2.21. The molecule has 24 heavy (non-hydrogen) atoms. The summed E-state index contributed by atoms with van der Waals surface area (Å²) in [4.78, 5) is 16.1. The summed E-state index contributed by atoms with van der Waals surface area (Å²) < 4.78 is 0. The zero-order chi connectivity index (χ0) is 16.9. The standard InChI is InChI=1S/C20H23ClN2O/c1-22-11-2-12-23(14-13-22)15-16-3-5-17(6-4-16)18-7-9-19(10-8-18)20(21)24/h3-10H,2,11-15H2,1H3. The average Bonchev–Trinajstić information content (AvgIpc) is 2.80. The van der Waals surface area contributed by atoms with Crippen LogP contribution in [0.2, 0.25) is 0 Å². The second-order valence-electron chi connectivity index (χ2n) is 6.48. The Morgan fingerprint density at radius 2 is 1.54 bits per heavy atom. The lowest BCUT2D eigenvalue weighted by atomic mass is 10.0. The van der Waals surface area contributed by atoms with E-state index in [0.717, 1.165) is 30.8 Å². The molecule has 0 bridgehead atoms. The van der Waals surface area contributed by atoms with Crippen molar-refractivity contribution in [2.45, 2.75) is 13.0 Å². The van der Waals surface area contributed by atoms with Gasteiger partial charge in [0.2, 0.25) is 0 Å². The molecule has 126 valence electrons. The van der Waals surface area contributed by atoms with Crippen LogP contribution in [-0.4, -0.2) is 48.3 Å². The monoisotopic (exact) mass is 342 g/mol. The number of hydrogen-bond donors (Lipinski definition) is 0. The zero-order valence-corrected chi connectivity index (χ0v) is 14.8. The summed E-state index contributed by atoms with van der Waals surface area (Å²) in [7, 11) is 2.20. The van der Waals surface area contributed by atoms with Crippen molar-refractivity contribution in [3.05, 3.63) is 59.7 Å². The van der Waals surface area contributed by atoms with Crippen molar-refractivity contribution in [2.24, 2.45) is 0 Å². The first kappa shape index (κ1) is 17.2. The summed E-state index contributed by atoms with van der Waals surface area (Å²) in [6.07, 6.45) is 1.24. The van der Waals surface area contributed by atoms with E-state index in [0.29, 0.717) is 5.56 Å². The summed E-state index contributed by atoms with van der Waals surface area (Å²) in [5, 5.41) is -0.417. The SMILES string of the molecule is CN1CCCN(Cc2ccc(-c3ccc(C(=O)Cl)cc3)cc2)CC1. The van der Waals surface area contributed by atoms with Gasteiger partial charge in [-0.1, -0.05) is 36.4 Å². The van der Waals surface area contributed by atoms with Gasteiger partial charge >= 0.3 is 0 Å². The van der Waals surface area contributed by atoms with Crippen LogP contribution in [0.1, 0.15) is 22.3 Å². The first-order valence-electron chi connectivity index (χ1n) is 8.42. The molecule has 1 aliphatic heterocycles. The summed E-state index contributed by atoms with van der Waals surface area (Å²) in [5.74, 6) is 0. The second kappa shape index (κ2) is 7.93. The Labute approximate surface area is 148 Å². The molecule has 3 nitrogen and oxygen atoms in total. The van der Waals surface area contributed by atoms with Gasteiger partial charge in [-0.05, 0) is 67.0 Å². The normalized spacial score (nSPS) is 16.8. The molecule has 0 spiro atoms. The fraction of sp³-hybridized carbons (Fsp3) is 0.350. The number of benzene rings is 2. The highest BCUT2D eigenvalue weighted by Gasteiger charge is 2.12. The Morgan fingerprint density at radius 3 is 2.17 bits per heavy atom. The number of nitrogens with zero attached hydrogens (tertiary/aromatic N) is 2. The largest absolute Gasteiger partial charge is 0.305 e. The van der Waals surface area contributed by atoms with Crippen LogP contribution in [0.4, 0.5) is 0 Å². The third-order valence-corrected chi connectivity index (χ3v) is 4.84. The van der Waals surface area contributed by atoms with Crippen LogP contribution in [0.15, 0.2) is 48.5 Å². The van der Waals surface area contributed by atoms with Gasteiger partial charge in [0.1, 0.15) is 0 Å². The molecule has 0 N–H and O–H groups in total. The van der Waals surface area contributed by atoms with E-state index in [2.05, 4.69) is 41.1 Å². The van der Waals surface area contributed by atoms with Crippen molar-refractivity contribution in [3.8, 4) is 11.1 Å². The van der Waals surface area contributed by atoms with Gasteiger partial charge in [-0.2, -0.15) is 0 Å². The summed E-state index contributed by atoms with van der Waals surface area (Å²) in [6.45, 7) is 5.64. The van der Waals surface area contributed by atoms with Gasteiger partial charge in [-0.3, -0.25) is 9.69 Å². The molecule has 4 heteroatoms. The number of rotatable bonds is 4. The van der Waals surface area contributed by atoms with Crippen LogP contribution in [0.25, 0.3) is 11.1 Å². The molecule has 0 radical (unpaired) electrons. The first-order chi connectivity index (χ1) is 11.6. The van der Waals surface area contributed by atoms with Gasteiger partial charge < -0.3 is 4.90 Å². The van der Waals surface area contributed by atoms with Crippen LogP contribution < -0.4 is 0 Å². The maximum Gasteiger partial charge on any atom is 0.252 e. The van der Waals surface area contributed by atoms with Crippen molar-refractivity contribution < 1.29 is 4.79 Å². The Morgan fingerprint density at radius 1 is 0.917 bits per heavy atom. The second-order valence-corrected chi connectivity index (χ2v) is 6.82. The Bertz CT molecular complexity index is 682. The van der Waals surface area contributed by atoms with Crippen LogP contribution in [-0.2, 0) is 6.54 Å². The Kier molecular flexibility index (Phi) is 5.67. The maximum atomic E-state index is 11.1. The van der Waals surface area contributed by atoms with Crippen molar-refractivity contribution >= 4 is 16.8 Å². The summed E-state index contributed by atoms with van der Waals surface area (Å²) >= 11 is 5.49. The molecule has 2 aromatic carbocycles. The molecular formula is C20H23ClN2O. The number of carbonyl (C=O) groups is 1.